The predicted molar refractivity (Wildman–Crippen MR) is 103 cm³/mol. The number of ether oxygens (including phenoxy) is 2. The van der Waals surface area contributed by atoms with E-state index in [4.69, 9.17) is 14.6 Å². The molecule has 0 aliphatic heterocycles. The molecule has 6 heteroatoms. The first-order valence-corrected chi connectivity index (χ1v) is 8.28. The summed E-state index contributed by atoms with van der Waals surface area (Å²) in [6.45, 7) is 0.522. The van der Waals surface area contributed by atoms with E-state index >= 15 is 0 Å². The van der Waals surface area contributed by atoms with Gasteiger partial charge in [-0.15, -0.1) is 0 Å². The van der Waals surface area contributed by atoms with Crippen LogP contribution in [-0.4, -0.2) is 30.8 Å². The SMILES string of the molecule is COc1ccc(C=CCNC(=O)OCc2ccccc2)cc1/C=C/C(=O)O. The van der Waals surface area contributed by atoms with E-state index in [1.165, 1.54) is 13.2 Å². The molecule has 2 N–H and O–H groups in total. The normalized spacial score (nSPS) is 10.9. The number of nitrogens with one attached hydrogen (secondary N) is 1. The lowest BCUT2D eigenvalue weighted by Gasteiger charge is -2.06. The molecule has 0 radical (unpaired) electrons. The molecule has 2 aromatic carbocycles. The molecule has 0 aliphatic carbocycles. The first kappa shape index (κ1) is 19.8. The third kappa shape index (κ3) is 7.07. The molecular formula is C21H21NO5. The molecule has 27 heavy (non-hydrogen) atoms. The van der Waals surface area contributed by atoms with Gasteiger partial charge in [-0.25, -0.2) is 9.59 Å². The van der Waals surface area contributed by atoms with Crippen molar-refractivity contribution in [3.05, 3.63) is 77.4 Å². The fourth-order valence-electron chi connectivity index (χ4n) is 2.26. The smallest absolute Gasteiger partial charge is 0.407 e. The Morgan fingerprint density at radius 3 is 2.59 bits per heavy atom. The molecule has 0 saturated heterocycles. The van der Waals surface area contributed by atoms with Crippen LogP contribution >= 0.6 is 0 Å². The first-order valence-electron chi connectivity index (χ1n) is 8.28. The summed E-state index contributed by atoms with van der Waals surface area (Å²) < 4.78 is 10.3. The Morgan fingerprint density at radius 1 is 1.11 bits per heavy atom. The molecule has 0 aromatic heterocycles. The van der Waals surface area contributed by atoms with Gasteiger partial charge in [-0.05, 0) is 29.3 Å². The summed E-state index contributed by atoms with van der Waals surface area (Å²) in [6, 6.07) is 14.8. The van der Waals surface area contributed by atoms with Crippen molar-refractivity contribution in [3.63, 3.8) is 0 Å². The lowest BCUT2D eigenvalue weighted by molar-refractivity contribution is -0.131. The fraction of sp³-hybridized carbons (Fsp3) is 0.143. The van der Waals surface area contributed by atoms with Crippen LogP contribution in [0.25, 0.3) is 12.2 Å². The predicted octanol–water partition coefficient (Wildman–Crippen LogP) is 3.73. The van der Waals surface area contributed by atoms with Gasteiger partial charge in [0.1, 0.15) is 12.4 Å². The number of carbonyl (C=O) groups is 2. The number of hydrogen-bond acceptors (Lipinski definition) is 4. The summed E-state index contributed by atoms with van der Waals surface area (Å²) in [5.74, 6) is -0.455. The van der Waals surface area contributed by atoms with Crippen molar-refractivity contribution in [2.75, 3.05) is 13.7 Å². The Kier molecular flexibility index (Phi) is 7.66. The van der Waals surface area contributed by atoms with Crippen LogP contribution in [0.1, 0.15) is 16.7 Å². The van der Waals surface area contributed by atoms with Crippen LogP contribution in [0.15, 0.2) is 60.7 Å². The van der Waals surface area contributed by atoms with Crippen molar-refractivity contribution >= 4 is 24.2 Å². The largest absolute Gasteiger partial charge is 0.496 e. The van der Waals surface area contributed by atoms with Gasteiger partial charge in [0.2, 0.25) is 0 Å². The van der Waals surface area contributed by atoms with Gasteiger partial charge in [0.25, 0.3) is 0 Å². The molecule has 140 valence electrons. The number of amides is 1. The maximum absolute atomic E-state index is 11.7. The van der Waals surface area contributed by atoms with E-state index in [1.54, 1.807) is 18.2 Å². The van der Waals surface area contributed by atoms with Crippen molar-refractivity contribution in [3.8, 4) is 5.75 Å². The van der Waals surface area contributed by atoms with Crippen molar-refractivity contribution in [2.45, 2.75) is 6.61 Å². The minimum Gasteiger partial charge on any atom is -0.496 e. The third-order valence-electron chi connectivity index (χ3n) is 3.55. The quantitative estimate of drug-likeness (QED) is 0.695. The van der Waals surface area contributed by atoms with Gasteiger partial charge in [-0.1, -0.05) is 48.6 Å². The number of benzene rings is 2. The summed E-state index contributed by atoms with van der Waals surface area (Å²) in [7, 11) is 1.52. The second-order valence-corrected chi connectivity index (χ2v) is 5.52. The van der Waals surface area contributed by atoms with Crippen LogP contribution in [0.2, 0.25) is 0 Å². The highest BCUT2D eigenvalue weighted by atomic mass is 16.5. The van der Waals surface area contributed by atoms with Gasteiger partial charge in [0.15, 0.2) is 0 Å². The molecule has 0 atom stereocenters. The molecule has 0 fully saturated rings. The molecule has 0 heterocycles. The minimum absolute atomic E-state index is 0.216. The van der Waals surface area contributed by atoms with E-state index in [0.29, 0.717) is 17.9 Å². The van der Waals surface area contributed by atoms with E-state index < -0.39 is 12.1 Å². The topological polar surface area (TPSA) is 84.9 Å². The highest BCUT2D eigenvalue weighted by molar-refractivity contribution is 5.86. The molecular weight excluding hydrogens is 346 g/mol. The Bertz CT molecular complexity index is 828. The van der Waals surface area contributed by atoms with Crippen molar-refractivity contribution in [2.24, 2.45) is 0 Å². The molecule has 1 amide bonds. The molecule has 2 aromatic rings. The maximum Gasteiger partial charge on any atom is 0.407 e. The molecule has 6 nitrogen and oxygen atoms in total. The Morgan fingerprint density at radius 2 is 1.89 bits per heavy atom. The fourth-order valence-corrected chi connectivity index (χ4v) is 2.26. The van der Waals surface area contributed by atoms with Crippen molar-refractivity contribution < 1.29 is 24.2 Å². The van der Waals surface area contributed by atoms with Crippen LogP contribution < -0.4 is 10.1 Å². The van der Waals surface area contributed by atoms with Gasteiger partial charge < -0.3 is 19.9 Å². The van der Waals surface area contributed by atoms with Gasteiger partial charge in [-0.2, -0.15) is 0 Å². The van der Waals surface area contributed by atoms with Crippen LogP contribution in [0, 0.1) is 0 Å². The number of aliphatic carboxylic acids is 1. The third-order valence-corrected chi connectivity index (χ3v) is 3.55. The molecule has 0 unspecified atom stereocenters. The number of carboxylic acids is 1. The van der Waals surface area contributed by atoms with Crippen molar-refractivity contribution in [1.82, 2.24) is 5.32 Å². The van der Waals surface area contributed by atoms with E-state index in [9.17, 15) is 9.59 Å². The van der Waals surface area contributed by atoms with E-state index in [0.717, 1.165) is 17.2 Å². The standard InChI is InChI=1S/C21H21NO5/c1-26-19-11-9-16(14-18(19)10-12-20(23)24)8-5-13-22-21(25)27-15-17-6-3-2-4-7-17/h2-12,14H,13,15H2,1H3,(H,22,25)(H,23,24)/b8-5?,12-10+. The molecule has 0 spiro atoms. The van der Waals surface area contributed by atoms with E-state index in [1.807, 2.05) is 42.5 Å². The zero-order valence-corrected chi connectivity index (χ0v) is 14.9. The second kappa shape index (κ2) is 10.5. The van der Waals surface area contributed by atoms with Gasteiger partial charge in [0.05, 0.1) is 7.11 Å². The zero-order chi connectivity index (χ0) is 19.5. The van der Waals surface area contributed by atoms with Crippen molar-refractivity contribution in [1.29, 1.82) is 0 Å². The molecule has 2 rings (SSSR count). The molecule has 0 aliphatic rings. The molecule has 0 bridgehead atoms. The number of carboxylic acid groups (broad SMARTS) is 1. The number of rotatable bonds is 8. The zero-order valence-electron chi connectivity index (χ0n) is 14.9. The van der Waals surface area contributed by atoms with Gasteiger partial charge in [0, 0.05) is 18.2 Å². The van der Waals surface area contributed by atoms with E-state index in [-0.39, 0.29) is 6.61 Å². The van der Waals surface area contributed by atoms with Crippen LogP contribution in [0.3, 0.4) is 0 Å². The Balaban J connectivity index is 1.85. The monoisotopic (exact) mass is 367 g/mol. The van der Waals surface area contributed by atoms with Crippen LogP contribution in [0.5, 0.6) is 5.75 Å². The van der Waals surface area contributed by atoms with E-state index in [2.05, 4.69) is 5.32 Å². The Labute approximate surface area is 157 Å². The lowest BCUT2D eigenvalue weighted by atomic mass is 10.1. The number of alkyl carbamates (subject to hydrolysis) is 1. The summed E-state index contributed by atoms with van der Waals surface area (Å²) in [4.78, 5) is 22.3. The summed E-state index contributed by atoms with van der Waals surface area (Å²) >= 11 is 0. The summed E-state index contributed by atoms with van der Waals surface area (Å²) in [6.07, 6.45) is 5.61. The Hall–Kier alpha value is -3.54. The van der Waals surface area contributed by atoms with Gasteiger partial charge in [-0.3, -0.25) is 0 Å². The highest BCUT2D eigenvalue weighted by Crippen LogP contribution is 2.22. The first-order chi connectivity index (χ1) is 13.1. The number of carbonyl (C=O) groups excluding carboxylic acids is 1. The van der Waals surface area contributed by atoms with Gasteiger partial charge >= 0.3 is 12.1 Å². The lowest BCUT2D eigenvalue weighted by Crippen LogP contribution is -2.24. The van der Waals surface area contributed by atoms with Crippen LogP contribution in [0.4, 0.5) is 4.79 Å². The minimum atomic E-state index is -1.03. The average molecular weight is 367 g/mol. The summed E-state index contributed by atoms with van der Waals surface area (Å²) in [5, 5.41) is 11.4. The second-order valence-electron chi connectivity index (χ2n) is 5.52. The van der Waals surface area contributed by atoms with Crippen LogP contribution in [-0.2, 0) is 16.1 Å². The maximum atomic E-state index is 11.7. The summed E-state index contributed by atoms with van der Waals surface area (Å²) in [5.41, 5.74) is 2.42. The average Bonchev–Trinajstić information content (AvgIpc) is 2.69. The number of hydrogen-bond donors (Lipinski definition) is 2. The number of methoxy groups -OCH3 is 1. The molecule has 0 saturated carbocycles. The highest BCUT2D eigenvalue weighted by Gasteiger charge is 2.02.